The minimum atomic E-state index is -1.28. The van der Waals surface area contributed by atoms with Crippen LogP contribution in [0.3, 0.4) is 0 Å². The average Bonchev–Trinajstić information content (AvgIpc) is 3.43. The highest BCUT2D eigenvalue weighted by Crippen LogP contribution is 2.41. The van der Waals surface area contributed by atoms with Crippen LogP contribution in [-0.2, 0) is 5.41 Å². The number of benzene rings is 1. The fourth-order valence-corrected chi connectivity index (χ4v) is 6.30. The Labute approximate surface area is 231 Å². The van der Waals surface area contributed by atoms with Crippen LogP contribution in [0.15, 0.2) is 42.7 Å². The SMILES string of the molecule is CC1(C)CCOc2c(C(=O)NC3CN4C(=N)N[C@@H](CNC(=O)c5cccnc5)C5NC(=N)NC54[C@@H]3O)cccc21. The molecule has 1 aromatic carbocycles. The number of ether oxygens (including phenoxy) is 1. The Morgan fingerprint density at radius 2 is 2.02 bits per heavy atom. The van der Waals surface area contributed by atoms with Crippen molar-refractivity contribution in [1.82, 2.24) is 36.5 Å². The third kappa shape index (κ3) is 3.99. The van der Waals surface area contributed by atoms with E-state index in [4.69, 9.17) is 15.6 Å². The van der Waals surface area contributed by atoms with Gasteiger partial charge in [-0.05, 0) is 30.0 Å². The van der Waals surface area contributed by atoms with Gasteiger partial charge >= 0.3 is 0 Å². The van der Waals surface area contributed by atoms with Crippen molar-refractivity contribution in [2.45, 2.75) is 55.6 Å². The number of rotatable bonds is 5. The summed E-state index contributed by atoms with van der Waals surface area (Å²) in [5.41, 5.74) is 0.341. The minimum absolute atomic E-state index is 0.0128. The summed E-state index contributed by atoms with van der Waals surface area (Å²) in [6, 6.07) is 6.93. The van der Waals surface area contributed by atoms with Gasteiger partial charge in [-0.15, -0.1) is 0 Å². The van der Waals surface area contributed by atoms with Gasteiger partial charge in [0.1, 0.15) is 11.9 Å². The fourth-order valence-electron chi connectivity index (χ4n) is 6.30. The number of fused-ring (bicyclic) bond motifs is 1. The molecule has 8 N–H and O–H groups in total. The van der Waals surface area contributed by atoms with Crippen LogP contribution in [0.2, 0.25) is 0 Å². The number of aliphatic hydroxyl groups is 1. The number of hydrogen-bond donors (Lipinski definition) is 8. The smallest absolute Gasteiger partial charge is 0.255 e. The average molecular weight is 548 g/mol. The predicted molar refractivity (Wildman–Crippen MR) is 145 cm³/mol. The highest BCUT2D eigenvalue weighted by Gasteiger charge is 2.66. The van der Waals surface area contributed by atoms with Crippen molar-refractivity contribution in [2.24, 2.45) is 0 Å². The maximum atomic E-state index is 13.5. The first-order valence-corrected chi connectivity index (χ1v) is 13.3. The lowest BCUT2D eigenvalue weighted by Crippen LogP contribution is -2.78. The van der Waals surface area contributed by atoms with Gasteiger partial charge in [0.15, 0.2) is 17.6 Å². The number of guanidine groups is 2. The van der Waals surface area contributed by atoms with Gasteiger partial charge in [-0.2, -0.15) is 0 Å². The molecule has 210 valence electrons. The first-order valence-electron chi connectivity index (χ1n) is 13.3. The Balaban J connectivity index is 1.23. The second kappa shape index (κ2) is 9.37. The normalized spacial score (nSPS) is 29.5. The quantitative estimate of drug-likeness (QED) is 0.243. The van der Waals surface area contributed by atoms with Gasteiger partial charge in [0, 0.05) is 31.0 Å². The van der Waals surface area contributed by atoms with Crippen LogP contribution in [-0.4, -0.2) is 88.3 Å². The minimum Gasteiger partial charge on any atom is -0.492 e. The fraction of sp³-hybridized carbons (Fsp3) is 0.444. The molecule has 3 fully saturated rings. The molecule has 1 aromatic heterocycles. The van der Waals surface area contributed by atoms with Gasteiger partial charge in [0.2, 0.25) is 0 Å². The molecular formula is C27H33N9O4. The van der Waals surface area contributed by atoms with E-state index in [-0.39, 0.29) is 42.2 Å². The lowest BCUT2D eigenvalue weighted by atomic mass is 9.79. The Kier molecular flexibility index (Phi) is 6.06. The van der Waals surface area contributed by atoms with Gasteiger partial charge in [0.25, 0.3) is 11.8 Å². The topological polar surface area (TPSA) is 188 Å². The summed E-state index contributed by atoms with van der Waals surface area (Å²) in [7, 11) is 0. The van der Waals surface area contributed by atoms with E-state index in [1.165, 1.54) is 6.20 Å². The number of para-hydroxylation sites is 1. The zero-order valence-corrected chi connectivity index (χ0v) is 22.2. The van der Waals surface area contributed by atoms with E-state index in [9.17, 15) is 14.7 Å². The Morgan fingerprint density at radius 1 is 1.20 bits per heavy atom. The van der Waals surface area contributed by atoms with E-state index in [2.05, 4.69) is 45.4 Å². The van der Waals surface area contributed by atoms with Crippen LogP contribution >= 0.6 is 0 Å². The highest BCUT2D eigenvalue weighted by atomic mass is 16.5. The van der Waals surface area contributed by atoms with E-state index in [1.54, 1.807) is 29.3 Å². The summed E-state index contributed by atoms with van der Waals surface area (Å²) >= 11 is 0. The highest BCUT2D eigenvalue weighted by molar-refractivity contribution is 5.98. The van der Waals surface area contributed by atoms with E-state index in [1.807, 2.05) is 12.1 Å². The molecule has 5 heterocycles. The second-order valence-corrected chi connectivity index (χ2v) is 11.3. The number of aromatic nitrogens is 1. The molecule has 1 spiro atoms. The van der Waals surface area contributed by atoms with Crippen LogP contribution in [0.1, 0.15) is 46.5 Å². The molecule has 13 heteroatoms. The van der Waals surface area contributed by atoms with Crippen LogP contribution in [0, 0.1) is 10.8 Å². The standard InChI is InChI=1S/C27H33N9O4/c1-26(2)8-10-40-19-15(6-3-7-16(19)26)23(39)32-18-13-36-25(29)33-17(12-31-22(38)14-5-4-9-30-11-14)20-27(36,21(18)37)35-24(28)34-20/h3-7,9,11,17-18,20-21,37H,8,10,12-13H2,1-2H3,(H2,29,33)(H,31,38)(H,32,39)(H3,28,34,35)/t17-,18?,20?,21+,27?/m0/s1. The van der Waals surface area contributed by atoms with Crippen molar-refractivity contribution in [3.8, 4) is 5.75 Å². The molecule has 3 unspecified atom stereocenters. The van der Waals surface area contributed by atoms with E-state index in [0.29, 0.717) is 23.5 Å². The van der Waals surface area contributed by atoms with Crippen molar-refractivity contribution >= 4 is 23.7 Å². The van der Waals surface area contributed by atoms with Crippen molar-refractivity contribution in [1.29, 1.82) is 10.8 Å². The number of hydrogen-bond acceptors (Lipinski definition) is 7. The Morgan fingerprint density at radius 3 is 2.80 bits per heavy atom. The van der Waals surface area contributed by atoms with Crippen LogP contribution in [0.4, 0.5) is 0 Å². The van der Waals surface area contributed by atoms with Crippen molar-refractivity contribution in [2.75, 3.05) is 19.7 Å². The molecule has 40 heavy (non-hydrogen) atoms. The number of aliphatic hydroxyl groups excluding tert-OH is 1. The maximum Gasteiger partial charge on any atom is 0.255 e. The lowest BCUT2D eigenvalue weighted by Gasteiger charge is -2.49. The molecule has 4 aliphatic heterocycles. The number of carbonyl (C=O) groups is 2. The molecule has 3 saturated heterocycles. The molecular weight excluding hydrogens is 514 g/mol. The Bertz CT molecular complexity index is 1380. The number of nitrogens with one attached hydrogen (secondary N) is 7. The molecule has 5 atom stereocenters. The summed E-state index contributed by atoms with van der Waals surface area (Å²) in [5, 5.41) is 43.7. The van der Waals surface area contributed by atoms with Crippen LogP contribution in [0.25, 0.3) is 0 Å². The van der Waals surface area contributed by atoms with Gasteiger partial charge in [0.05, 0.1) is 35.9 Å². The molecule has 0 radical (unpaired) electrons. The van der Waals surface area contributed by atoms with Gasteiger partial charge in [-0.25, -0.2) is 0 Å². The van der Waals surface area contributed by atoms with Crippen molar-refractivity contribution in [3.05, 3.63) is 59.4 Å². The molecule has 13 nitrogen and oxygen atoms in total. The summed E-state index contributed by atoms with van der Waals surface area (Å²) in [5.74, 6) is -0.161. The molecule has 4 aliphatic rings. The first kappa shape index (κ1) is 25.9. The third-order valence-corrected chi connectivity index (χ3v) is 8.44. The van der Waals surface area contributed by atoms with Crippen LogP contribution < -0.4 is 31.3 Å². The molecule has 6 rings (SSSR count). The zero-order valence-electron chi connectivity index (χ0n) is 22.2. The number of amides is 2. The van der Waals surface area contributed by atoms with E-state index < -0.39 is 29.9 Å². The Hall–Kier alpha value is -4.39. The van der Waals surface area contributed by atoms with Crippen LogP contribution in [0.5, 0.6) is 5.75 Å². The number of carbonyl (C=O) groups excluding carboxylic acids is 2. The molecule has 2 amide bonds. The van der Waals surface area contributed by atoms with Gasteiger partial charge < -0.3 is 41.3 Å². The zero-order chi connectivity index (χ0) is 28.2. The largest absolute Gasteiger partial charge is 0.492 e. The molecule has 2 aromatic rings. The summed E-state index contributed by atoms with van der Waals surface area (Å²) in [6.07, 6.45) is 2.70. The first-order chi connectivity index (χ1) is 19.1. The lowest BCUT2D eigenvalue weighted by molar-refractivity contribution is 0.00611. The predicted octanol–water partition coefficient (Wildman–Crippen LogP) is -0.554. The molecule has 0 aliphatic carbocycles. The molecule has 0 bridgehead atoms. The maximum absolute atomic E-state index is 13.5. The number of pyridine rings is 1. The molecule has 0 saturated carbocycles. The van der Waals surface area contributed by atoms with Gasteiger partial charge in [-0.3, -0.25) is 25.4 Å². The summed E-state index contributed by atoms with van der Waals surface area (Å²) in [4.78, 5) is 31.8. The van der Waals surface area contributed by atoms with Crippen molar-refractivity contribution in [3.63, 3.8) is 0 Å². The number of nitrogens with zero attached hydrogens (tertiary/aromatic N) is 2. The third-order valence-electron chi connectivity index (χ3n) is 8.44. The van der Waals surface area contributed by atoms with E-state index >= 15 is 0 Å². The summed E-state index contributed by atoms with van der Waals surface area (Å²) in [6.45, 7) is 5.00. The second-order valence-electron chi connectivity index (χ2n) is 11.3. The van der Waals surface area contributed by atoms with Crippen molar-refractivity contribution < 1.29 is 19.4 Å². The van der Waals surface area contributed by atoms with Gasteiger partial charge in [-0.1, -0.05) is 26.0 Å². The van der Waals surface area contributed by atoms with E-state index in [0.717, 1.165) is 12.0 Å². The monoisotopic (exact) mass is 547 g/mol. The summed E-state index contributed by atoms with van der Waals surface area (Å²) < 4.78 is 5.92.